The lowest BCUT2D eigenvalue weighted by atomic mass is 10.1. The molecule has 1 aromatic carbocycles. The van der Waals surface area contributed by atoms with Crippen LogP contribution in [-0.4, -0.2) is 18.6 Å². The predicted molar refractivity (Wildman–Crippen MR) is 77.0 cm³/mol. The van der Waals surface area contributed by atoms with Gasteiger partial charge < -0.3 is 14.5 Å². The zero-order valence-electron chi connectivity index (χ0n) is 11.8. The van der Waals surface area contributed by atoms with Crippen molar-refractivity contribution in [2.75, 3.05) is 6.54 Å². The van der Waals surface area contributed by atoms with Crippen LogP contribution in [0.15, 0.2) is 47.1 Å². The van der Waals surface area contributed by atoms with Crippen molar-refractivity contribution in [1.29, 1.82) is 0 Å². The summed E-state index contributed by atoms with van der Waals surface area (Å²) in [5, 5.41) is 2.82. The second kappa shape index (κ2) is 6.80. The number of nitrogens with one attached hydrogen (secondary N) is 1. The summed E-state index contributed by atoms with van der Waals surface area (Å²) in [5.74, 6) is 1.02. The Balaban J connectivity index is 1.78. The number of ether oxygens (including phenoxy) is 1. The molecule has 0 radical (unpaired) electrons. The summed E-state index contributed by atoms with van der Waals surface area (Å²) in [6, 6.07) is 11.3. The fourth-order valence-corrected chi connectivity index (χ4v) is 1.82. The SMILES string of the molecule is CC(C)Oc1ccc(CCNC(=O)c2ccco2)cc1. The second-order valence-corrected chi connectivity index (χ2v) is 4.79. The van der Waals surface area contributed by atoms with Crippen LogP contribution in [0.3, 0.4) is 0 Å². The standard InChI is InChI=1S/C16H19NO3/c1-12(2)20-14-7-5-13(6-8-14)9-10-17-16(18)15-4-3-11-19-15/h3-8,11-12H,9-10H2,1-2H3,(H,17,18). The topological polar surface area (TPSA) is 51.5 Å². The van der Waals surface area contributed by atoms with Crippen molar-refractivity contribution in [3.05, 3.63) is 54.0 Å². The molecule has 20 heavy (non-hydrogen) atoms. The van der Waals surface area contributed by atoms with Crippen molar-refractivity contribution in [2.45, 2.75) is 26.4 Å². The van der Waals surface area contributed by atoms with Gasteiger partial charge in [-0.25, -0.2) is 0 Å². The maximum absolute atomic E-state index is 11.6. The molecule has 1 amide bonds. The van der Waals surface area contributed by atoms with Crippen LogP contribution in [0.4, 0.5) is 0 Å². The molecule has 106 valence electrons. The number of carbonyl (C=O) groups excluding carboxylic acids is 1. The van der Waals surface area contributed by atoms with Crippen LogP contribution >= 0.6 is 0 Å². The fraction of sp³-hybridized carbons (Fsp3) is 0.312. The molecule has 0 bridgehead atoms. The monoisotopic (exact) mass is 273 g/mol. The van der Waals surface area contributed by atoms with Crippen LogP contribution in [-0.2, 0) is 6.42 Å². The van der Waals surface area contributed by atoms with Crippen LogP contribution in [0.2, 0.25) is 0 Å². The van der Waals surface area contributed by atoms with Crippen molar-refractivity contribution in [1.82, 2.24) is 5.32 Å². The lowest BCUT2D eigenvalue weighted by Gasteiger charge is -2.10. The van der Waals surface area contributed by atoms with Gasteiger partial charge >= 0.3 is 0 Å². The van der Waals surface area contributed by atoms with E-state index in [-0.39, 0.29) is 12.0 Å². The maximum atomic E-state index is 11.6. The Hall–Kier alpha value is -2.23. The third-order valence-corrected chi connectivity index (χ3v) is 2.74. The molecule has 0 aliphatic carbocycles. The van der Waals surface area contributed by atoms with Crippen LogP contribution in [0, 0.1) is 0 Å². The number of rotatable bonds is 6. The van der Waals surface area contributed by atoms with Gasteiger partial charge in [-0.1, -0.05) is 12.1 Å². The summed E-state index contributed by atoms with van der Waals surface area (Å²) < 4.78 is 10.6. The third-order valence-electron chi connectivity index (χ3n) is 2.74. The van der Waals surface area contributed by atoms with Crippen LogP contribution in [0.5, 0.6) is 5.75 Å². The largest absolute Gasteiger partial charge is 0.491 e. The van der Waals surface area contributed by atoms with E-state index in [9.17, 15) is 4.79 Å². The van der Waals surface area contributed by atoms with Gasteiger partial charge in [-0.15, -0.1) is 0 Å². The average Bonchev–Trinajstić information content (AvgIpc) is 2.94. The minimum absolute atomic E-state index is 0.174. The van der Waals surface area contributed by atoms with Gasteiger partial charge in [0.2, 0.25) is 0 Å². The molecular weight excluding hydrogens is 254 g/mol. The van der Waals surface area contributed by atoms with E-state index in [2.05, 4.69) is 5.32 Å². The minimum atomic E-state index is -0.185. The van der Waals surface area contributed by atoms with Crippen molar-refractivity contribution < 1.29 is 13.9 Å². The number of amides is 1. The molecule has 0 atom stereocenters. The zero-order valence-corrected chi connectivity index (χ0v) is 11.8. The number of carbonyl (C=O) groups is 1. The zero-order chi connectivity index (χ0) is 14.4. The van der Waals surface area contributed by atoms with Crippen LogP contribution < -0.4 is 10.1 Å². The highest BCUT2D eigenvalue weighted by molar-refractivity contribution is 5.91. The first kappa shape index (κ1) is 14.2. The van der Waals surface area contributed by atoms with Gasteiger partial charge in [0.05, 0.1) is 12.4 Å². The molecule has 2 aromatic rings. The van der Waals surface area contributed by atoms with Gasteiger partial charge in [-0.2, -0.15) is 0 Å². The Labute approximate surface area is 118 Å². The molecule has 0 aliphatic heterocycles. The molecule has 0 saturated carbocycles. The summed E-state index contributed by atoms with van der Waals surface area (Å²) in [7, 11) is 0. The van der Waals surface area contributed by atoms with E-state index in [1.165, 1.54) is 6.26 Å². The van der Waals surface area contributed by atoms with E-state index < -0.39 is 0 Å². The van der Waals surface area contributed by atoms with Gasteiger partial charge in [0.1, 0.15) is 5.75 Å². The van der Waals surface area contributed by atoms with Gasteiger partial charge in [0.25, 0.3) is 5.91 Å². The van der Waals surface area contributed by atoms with E-state index in [1.54, 1.807) is 12.1 Å². The number of benzene rings is 1. The van der Waals surface area contributed by atoms with E-state index in [0.717, 1.165) is 17.7 Å². The molecule has 4 heteroatoms. The highest BCUT2D eigenvalue weighted by atomic mass is 16.5. The van der Waals surface area contributed by atoms with Crippen molar-refractivity contribution in [3.8, 4) is 5.75 Å². The molecule has 0 saturated heterocycles. The quantitative estimate of drug-likeness (QED) is 0.880. The van der Waals surface area contributed by atoms with Crippen molar-refractivity contribution >= 4 is 5.91 Å². The number of hydrogen-bond acceptors (Lipinski definition) is 3. The summed E-state index contributed by atoms with van der Waals surface area (Å²) in [6.45, 7) is 4.57. The highest BCUT2D eigenvalue weighted by Gasteiger charge is 2.07. The molecule has 1 aromatic heterocycles. The molecule has 1 N–H and O–H groups in total. The van der Waals surface area contributed by atoms with Crippen LogP contribution in [0.25, 0.3) is 0 Å². The molecule has 0 fully saturated rings. The van der Waals surface area contributed by atoms with Crippen molar-refractivity contribution in [3.63, 3.8) is 0 Å². The molecule has 0 aliphatic rings. The summed E-state index contributed by atoms with van der Waals surface area (Å²) in [5.41, 5.74) is 1.15. The first-order valence-electron chi connectivity index (χ1n) is 6.72. The summed E-state index contributed by atoms with van der Waals surface area (Å²) in [4.78, 5) is 11.6. The normalized spacial score (nSPS) is 10.6. The molecule has 1 heterocycles. The molecule has 0 unspecified atom stereocenters. The predicted octanol–water partition coefficient (Wildman–Crippen LogP) is 3.04. The smallest absolute Gasteiger partial charge is 0.286 e. The Kier molecular flexibility index (Phi) is 4.82. The first-order chi connectivity index (χ1) is 9.65. The van der Waals surface area contributed by atoms with Crippen LogP contribution in [0.1, 0.15) is 30.0 Å². The average molecular weight is 273 g/mol. The van der Waals surface area contributed by atoms with Gasteiger partial charge in [-0.05, 0) is 50.1 Å². The lowest BCUT2D eigenvalue weighted by molar-refractivity contribution is 0.0926. The fourth-order valence-electron chi connectivity index (χ4n) is 1.82. The van der Waals surface area contributed by atoms with Crippen molar-refractivity contribution in [2.24, 2.45) is 0 Å². The van der Waals surface area contributed by atoms with E-state index >= 15 is 0 Å². The maximum Gasteiger partial charge on any atom is 0.286 e. The van der Waals surface area contributed by atoms with Gasteiger partial charge in [-0.3, -0.25) is 4.79 Å². The molecule has 2 rings (SSSR count). The summed E-state index contributed by atoms with van der Waals surface area (Å²) >= 11 is 0. The minimum Gasteiger partial charge on any atom is -0.491 e. The number of furan rings is 1. The van der Waals surface area contributed by atoms with Gasteiger partial charge in [0, 0.05) is 6.54 Å². The highest BCUT2D eigenvalue weighted by Crippen LogP contribution is 2.14. The third kappa shape index (κ3) is 4.16. The summed E-state index contributed by atoms with van der Waals surface area (Å²) in [6.07, 6.45) is 2.44. The van der Waals surface area contributed by atoms with E-state index in [1.807, 2.05) is 38.1 Å². The molecule has 0 spiro atoms. The Morgan fingerprint density at radius 3 is 2.60 bits per heavy atom. The Bertz CT molecular complexity index is 529. The Morgan fingerprint density at radius 1 is 1.25 bits per heavy atom. The van der Waals surface area contributed by atoms with E-state index in [4.69, 9.17) is 9.15 Å². The molecule has 4 nitrogen and oxygen atoms in total. The first-order valence-corrected chi connectivity index (χ1v) is 6.72. The number of hydrogen-bond donors (Lipinski definition) is 1. The van der Waals surface area contributed by atoms with Gasteiger partial charge in [0.15, 0.2) is 5.76 Å². The second-order valence-electron chi connectivity index (χ2n) is 4.79. The molecular formula is C16H19NO3. The lowest BCUT2D eigenvalue weighted by Crippen LogP contribution is -2.25. The van der Waals surface area contributed by atoms with E-state index in [0.29, 0.717) is 12.3 Å². The Morgan fingerprint density at radius 2 is 2.00 bits per heavy atom.